The average Bonchev–Trinajstić information content (AvgIpc) is 3.03. The van der Waals surface area contributed by atoms with Gasteiger partial charge in [0.05, 0.1) is 37.0 Å². The summed E-state index contributed by atoms with van der Waals surface area (Å²) in [7, 11) is 3.01. The molecule has 1 heterocycles. The molecule has 3 rings (SSSR count). The number of hydrogen-bond donors (Lipinski definition) is 1. The number of carbonyl (C=O) groups excluding carboxylic acids is 2. The summed E-state index contributed by atoms with van der Waals surface area (Å²) in [5.41, 5.74) is 0.706. The van der Waals surface area contributed by atoms with Crippen molar-refractivity contribution in [2.45, 2.75) is 13.0 Å². The van der Waals surface area contributed by atoms with E-state index in [1.807, 2.05) is 6.92 Å². The number of amides is 1. The molecule has 0 saturated carbocycles. The van der Waals surface area contributed by atoms with Crippen LogP contribution in [0.5, 0.6) is 11.5 Å². The number of carbonyl (C=O) groups is 2. The van der Waals surface area contributed by atoms with E-state index in [-0.39, 0.29) is 35.1 Å². The number of aliphatic hydroxyl groups excluding tert-OH is 1. The first-order valence-electron chi connectivity index (χ1n) is 9.77. The summed E-state index contributed by atoms with van der Waals surface area (Å²) < 4.78 is 16.1. The number of ketones is 1. The van der Waals surface area contributed by atoms with Gasteiger partial charge in [-0.1, -0.05) is 29.8 Å². The van der Waals surface area contributed by atoms with Gasteiger partial charge in [-0.25, -0.2) is 0 Å². The number of nitrogens with zero attached hydrogens (tertiary/aromatic N) is 1. The van der Waals surface area contributed by atoms with E-state index in [9.17, 15) is 14.7 Å². The van der Waals surface area contributed by atoms with Gasteiger partial charge in [0.15, 0.2) is 0 Å². The predicted octanol–water partition coefficient (Wildman–Crippen LogP) is 3.82. The lowest BCUT2D eigenvalue weighted by Gasteiger charge is -2.26. The molecule has 8 heteroatoms. The molecule has 31 heavy (non-hydrogen) atoms. The molecule has 2 aromatic carbocycles. The van der Waals surface area contributed by atoms with Gasteiger partial charge >= 0.3 is 0 Å². The zero-order valence-corrected chi connectivity index (χ0v) is 18.3. The van der Waals surface area contributed by atoms with E-state index in [0.717, 1.165) is 0 Å². The number of rotatable bonds is 8. The molecule has 2 aromatic rings. The third kappa shape index (κ3) is 4.38. The second-order valence-corrected chi connectivity index (χ2v) is 7.21. The molecule has 1 fully saturated rings. The van der Waals surface area contributed by atoms with Crippen molar-refractivity contribution in [2.24, 2.45) is 0 Å². The summed E-state index contributed by atoms with van der Waals surface area (Å²) in [6, 6.07) is 11.0. The van der Waals surface area contributed by atoms with Gasteiger partial charge in [0, 0.05) is 24.8 Å². The number of aliphatic hydroxyl groups is 1. The highest BCUT2D eigenvalue weighted by molar-refractivity contribution is 6.47. The van der Waals surface area contributed by atoms with Crippen LogP contribution in [0.1, 0.15) is 24.1 Å². The molecule has 1 unspecified atom stereocenters. The number of para-hydroxylation sites is 1. The summed E-state index contributed by atoms with van der Waals surface area (Å²) >= 11 is 6.32. The van der Waals surface area contributed by atoms with Crippen LogP contribution in [0, 0.1) is 0 Å². The molecular weight excluding hydrogens is 422 g/mol. The number of Topliss-reactive ketones (excluding diaryl/α,β-unsaturated/α-hetero) is 1. The number of methoxy groups -OCH3 is 2. The molecule has 1 aliphatic rings. The molecule has 1 amide bonds. The van der Waals surface area contributed by atoms with E-state index in [1.54, 1.807) is 42.5 Å². The van der Waals surface area contributed by atoms with Gasteiger partial charge < -0.3 is 24.2 Å². The Morgan fingerprint density at radius 3 is 2.58 bits per heavy atom. The van der Waals surface area contributed by atoms with Gasteiger partial charge in [0.1, 0.15) is 17.3 Å². The summed E-state index contributed by atoms with van der Waals surface area (Å²) in [6.45, 7) is 2.63. The van der Waals surface area contributed by atoms with E-state index in [2.05, 4.69) is 0 Å². The summed E-state index contributed by atoms with van der Waals surface area (Å²) in [5, 5.41) is 11.4. The minimum absolute atomic E-state index is 0.0684. The van der Waals surface area contributed by atoms with E-state index >= 15 is 0 Å². The molecule has 164 valence electrons. The van der Waals surface area contributed by atoms with E-state index in [0.29, 0.717) is 23.7 Å². The van der Waals surface area contributed by atoms with Gasteiger partial charge in [0.2, 0.25) is 0 Å². The quantitative estimate of drug-likeness (QED) is 0.378. The standard InChI is InChI=1S/C23H24ClNO6/c1-4-31-14-9-10-17(24)16(13-14)21(26)19-20(15-7-5-6-8-18(15)30-3)25(11-12-29-2)23(28)22(19)27/h5-10,13,20,26H,4,11-12H2,1-3H3/b21-19+. The largest absolute Gasteiger partial charge is 0.507 e. The van der Waals surface area contributed by atoms with Crippen LogP contribution in [0.25, 0.3) is 5.76 Å². The second kappa shape index (κ2) is 9.85. The van der Waals surface area contributed by atoms with Crippen molar-refractivity contribution in [3.63, 3.8) is 0 Å². The van der Waals surface area contributed by atoms with Crippen molar-refractivity contribution in [3.05, 3.63) is 64.2 Å². The third-order valence-electron chi connectivity index (χ3n) is 5.01. The van der Waals surface area contributed by atoms with Gasteiger partial charge in [-0.15, -0.1) is 0 Å². The molecule has 1 saturated heterocycles. The van der Waals surface area contributed by atoms with Crippen molar-refractivity contribution in [1.82, 2.24) is 4.90 Å². The molecule has 0 radical (unpaired) electrons. The molecule has 0 spiro atoms. The first-order valence-corrected chi connectivity index (χ1v) is 10.1. The van der Waals surface area contributed by atoms with Crippen LogP contribution in [0.3, 0.4) is 0 Å². The van der Waals surface area contributed by atoms with Crippen LogP contribution in [-0.4, -0.2) is 55.7 Å². The van der Waals surface area contributed by atoms with E-state index < -0.39 is 17.7 Å². The topological polar surface area (TPSA) is 85.3 Å². The lowest BCUT2D eigenvalue weighted by molar-refractivity contribution is -0.140. The molecule has 7 nitrogen and oxygen atoms in total. The SMILES string of the molecule is CCOc1ccc(Cl)c(/C(O)=C2\C(=O)C(=O)N(CCOC)C2c2ccccc2OC)c1. The minimum Gasteiger partial charge on any atom is -0.507 e. The lowest BCUT2D eigenvalue weighted by atomic mass is 9.94. The Labute approximate surface area is 185 Å². The minimum atomic E-state index is -0.863. The number of ether oxygens (including phenoxy) is 3. The maximum absolute atomic E-state index is 13.0. The maximum Gasteiger partial charge on any atom is 0.295 e. The zero-order chi connectivity index (χ0) is 22.5. The Kier molecular flexibility index (Phi) is 7.20. The first kappa shape index (κ1) is 22.7. The maximum atomic E-state index is 13.0. The number of likely N-dealkylation sites (tertiary alicyclic amines) is 1. The lowest BCUT2D eigenvalue weighted by Crippen LogP contribution is -2.32. The van der Waals surface area contributed by atoms with Crippen molar-refractivity contribution >= 4 is 29.1 Å². The monoisotopic (exact) mass is 445 g/mol. The van der Waals surface area contributed by atoms with Crippen molar-refractivity contribution < 1.29 is 28.9 Å². The highest BCUT2D eigenvalue weighted by Crippen LogP contribution is 2.43. The molecule has 1 aliphatic heterocycles. The van der Waals surface area contributed by atoms with Crippen LogP contribution in [0.4, 0.5) is 0 Å². The predicted molar refractivity (Wildman–Crippen MR) is 117 cm³/mol. The molecule has 1 N–H and O–H groups in total. The Balaban J connectivity index is 2.23. The Bertz CT molecular complexity index is 1020. The number of benzene rings is 2. The normalized spacial score (nSPS) is 17.8. The number of hydrogen-bond acceptors (Lipinski definition) is 6. The molecular formula is C23H24ClNO6. The molecule has 0 aliphatic carbocycles. The van der Waals surface area contributed by atoms with Crippen LogP contribution >= 0.6 is 11.6 Å². The third-order valence-corrected chi connectivity index (χ3v) is 5.34. The molecule has 0 aromatic heterocycles. The fraction of sp³-hybridized carbons (Fsp3) is 0.304. The highest BCUT2D eigenvalue weighted by Gasteiger charge is 2.47. The van der Waals surface area contributed by atoms with Gasteiger partial charge in [-0.05, 0) is 31.2 Å². The molecule has 0 bridgehead atoms. The van der Waals surface area contributed by atoms with Gasteiger partial charge in [-0.2, -0.15) is 0 Å². The van der Waals surface area contributed by atoms with Crippen LogP contribution in [0.2, 0.25) is 5.02 Å². The number of halogens is 1. The average molecular weight is 446 g/mol. The Hall–Kier alpha value is -3.03. The van der Waals surface area contributed by atoms with Gasteiger partial charge in [0.25, 0.3) is 11.7 Å². The van der Waals surface area contributed by atoms with Crippen molar-refractivity contribution in [3.8, 4) is 11.5 Å². The smallest absolute Gasteiger partial charge is 0.295 e. The highest BCUT2D eigenvalue weighted by atomic mass is 35.5. The van der Waals surface area contributed by atoms with Crippen LogP contribution in [-0.2, 0) is 14.3 Å². The van der Waals surface area contributed by atoms with Crippen LogP contribution in [0.15, 0.2) is 48.0 Å². The Morgan fingerprint density at radius 2 is 1.90 bits per heavy atom. The van der Waals surface area contributed by atoms with Crippen LogP contribution < -0.4 is 9.47 Å². The van der Waals surface area contributed by atoms with E-state index in [1.165, 1.54) is 19.1 Å². The fourth-order valence-electron chi connectivity index (χ4n) is 3.60. The van der Waals surface area contributed by atoms with E-state index in [4.69, 9.17) is 25.8 Å². The Morgan fingerprint density at radius 1 is 1.16 bits per heavy atom. The first-order chi connectivity index (χ1) is 14.9. The summed E-state index contributed by atoms with van der Waals surface area (Å²) in [4.78, 5) is 27.3. The van der Waals surface area contributed by atoms with Crippen molar-refractivity contribution in [1.29, 1.82) is 0 Å². The van der Waals surface area contributed by atoms with Crippen molar-refractivity contribution in [2.75, 3.05) is 34.0 Å². The second-order valence-electron chi connectivity index (χ2n) is 6.80. The van der Waals surface area contributed by atoms with Gasteiger partial charge in [-0.3, -0.25) is 9.59 Å². The summed E-state index contributed by atoms with van der Waals surface area (Å²) in [6.07, 6.45) is 0. The fourth-order valence-corrected chi connectivity index (χ4v) is 3.81. The molecule has 1 atom stereocenters. The summed E-state index contributed by atoms with van der Waals surface area (Å²) in [5.74, 6) is -0.942. The zero-order valence-electron chi connectivity index (χ0n) is 17.6.